The molecule has 0 saturated carbocycles. The fourth-order valence-corrected chi connectivity index (χ4v) is 4.76. The van der Waals surface area contributed by atoms with E-state index in [4.69, 9.17) is 23.2 Å². The van der Waals surface area contributed by atoms with Gasteiger partial charge < -0.3 is 0 Å². The van der Waals surface area contributed by atoms with Crippen LogP contribution in [0, 0.1) is 0 Å². The zero-order valence-electron chi connectivity index (χ0n) is 15.0. The SMILES string of the molecule is O=S(=O)(c1ccccc1)c1cnc(-c2ccccc2)nc1-c1ccc(Cl)cc1Cl. The molecule has 0 bridgehead atoms. The maximum Gasteiger partial charge on any atom is 0.210 e. The maximum atomic E-state index is 13.3. The van der Waals surface area contributed by atoms with Gasteiger partial charge in [-0.25, -0.2) is 18.4 Å². The summed E-state index contributed by atoms with van der Waals surface area (Å²) in [5.74, 6) is 0.402. The maximum absolute atomic E-state index is 13.3. The van der Waals surface area contributed by atoms with Crippen LogP contribution in [-0.2, 0) is 9.84 Å². The number of hydrogen-bond acceptors (Lipinski definition) is 4. The van der Waals surface area contributed by atoms with Crippen LogP contribution in [0.4, 0.5) is 0 Å². The summed E-state index contributed by atoms with van der Waals surface area (Å²) in [6.07, 6.45) is 1.33. The van der Waals surface area contributed by atoms with Crippen LogP contribution in [0.3, 0.4) is 0 Å². The first-order chi connectivity index (χ1) is 14.0. The Hall–Kier alpha value is -2.73. The van der Waals surface area contributed by atoms with Crippen molar-refractivity contribution in [2.24, 2.45) is 0 Å². The number of aromatic nitrogens is 2. The van der Waals surface area contributed by atoms with Gasteiger partial charge in [-0.15, -0.1) is 0 Å². The molecule has 144 valence electrons. The molecule has 0 aliphatic rings. The quantitative estimate of drug-likeness (QED) is 0.393. The lowest BCUT2D eigenvalue weighted by molar-refractivity contribution is 0.595. The fourth-order valence-electron chi connectivity index (χ4n) is 2.89. The van der Waals surface area contributed by atoms with Crippen molar-refractivity contribution in [2.45, 2.75) is 9.79 Å². The Bertz CT molecular complexity index is 1280. The van der Waals surface area contributed by atoms with Crippen molar-refractivity contribution >= 4 is 33.0 Å². The molecule has 0 aliphatic carbocycles. The van der Waals surface area contributed by atoms with Crippen LogP contribution in [0.2, 0.25) is 10.0 Å². The molecule has 4 aromatic rings. The minimum atomic E-state index is -3.86. The topological polar surface area (TPSA) is 59.9 Å². The van der Waals surface area contributed by atoms with Crippen molar-refractivity contribution in [3.8, 4) is 22.6 Å². The molecule has 0 N–H and O–H groups in total. The van der Waals surface area contributed by atoms with E-state index in [0.717, 1.165) is 5.56 Å². The third kappa shape index (κ3) is 3.90. The molecule has 1 heterocycles. The van der Waals surface area contributed by atoms with Gasteiger partial charge in [-0.1, -0.05) is 71.7 Å². The van der Waals surface area contributed by atoms with E-state index < -0.39 is 9.84 Å². The minimum absolute atomic E-state index is 0.0207. The Morgan fingerprint density at radius 2 is 1.45 bits per heavy atom. The van der Waals surface area contributed by atoms with E-state index in [1.807, 2.05) is 30.3 Å². The second-order valence-electron chi connectivity index (χ2n) is 6.21. The highest BCUT2D eigenvalue weighted by Crippen LogP contribution is 2.36. The third-order valence-corrected chi connectivity index (χ3v) is 6.63. The van der Waals surface area contributed by atoms with E-state index in [-0.39, 0.29) is 15.5 Å². The molecule has 0 amide bonds. The summed E-state index contributed by atoms with van der Waals surface area (Å²) in [5, 5.41) is 0.753. The summed E-state index contributed by atoms with van der Waals surface area (Å²) in [5.41, 5.74) is 1.46. The normalized spacial score (nSPS) is 11.4. The highest BCUT2D eigenvalue weighted by atomic mass is 35.5. The number of hydrogen-bond donors (Lipinski definition) is 0. The van der Waals surface area contributed by atoms with Crippen LogP contribution in [0.15, 0.2) is 94.9 Å². The summed E-state index contributed by atoms with van der Waals surface area (Å²) in [7, 11) is -3.86. The first-order valence-electron chi connectivity index (χ1n) is 8.65. The van der Waals surface area contributed by atoms with Crippen molar-refractivity contribution < 1.29 is 8.42 Å². The smallest absolute Gasteiger partial charge is 0.210 e. The fraction of sp³-hybridized carbons (Fsp3) is 0. The minimum Gasteiger partial charge on any atom is -0.235 e. The number of benzene rings is 3. The molecule has 1 aromatic heterocycles. The third-order valence-electron chi connectivity index (χ3n) is 4.32. The average molecular weight is 441 g/mol. The van der Waals surface area contributed by atoms with Crippen molar-refractivity contribution in [3.05, 3.63) is 95.1 Å². The second-order valence-corrected chi connectivity index (χ2v) is 8.97. The summed E-state index contributed by atoms with van der Waals surface area (Å²) < 4.78 is 26.6. The van der Waals surface area contributed by atoms with E-state index in [1.165, 1.54) is 18.3 Å². The van der Waals surface area contributed by atoms with Gasteiger partial charge in [0.25, 0.3) is 0 Å². The van der Waals surface area contributed by atoms with Crippen LogP contribution in [0.25, 0.3) is 22.6 Å². The van der Waals surface area contributed by atoms with Gasteiger partial charge in [0, 0.05) is 16.1 Å². The van der Waals surface area contributed by atoms with E-state index >= 15 is 0 Å². The number of halogens is 2. The second kappa shape index (κ2) is 7.95. The van der Waals surface area contributed by atoms with E-state index in [9.17, 15) is 8.42 Å². The van der Waals surface area contributed by atoms with Crippen LogP contribution in [0.1, 0.15) is 0 Å². The molecular formula is C22H14Cl2N2O2S. The lowest BCUT2D eigenvalue weighted by Crippen LogP contribution is -2.07. The molecule has 4 rings (SSSR count). The van der Waals surface area contributed by atoms with Gasteiger partial charge in [-0.05, 0) is 30.3 Å². The van der Waals surface area contributed by atoms with Crippen molar-refractivity contribution in [1.29, 1.82) is 0 Å². The van der Waals surface area contributed by atoms with Gasteiger partial charge in [0.05, 0.1) is 21.8 Å². The lowest BCUT2D eigenvalue weighted by Gasteiger charge is -2.13. The predicted molar refractivity (Wildman–Crippen MR) is 115 cm³/mol. The first-order valence-corrected chi connectivity index (χ1v) is 10.9. The Morgan fingerprint density at radius 3 is 2.10 bits per heavy atom. The molecule has 0 saturated heterocycles. The summed E-state index contributed by atoms with van der Waals surface area (Å²) in [4.78, 5) is 9.03. The lowest BCUT2D eigenvalue weighted by atomic mass is 10.1. The monoisotopic (exact) mass is 440 g/mol. The molecule has 0 radical (unpaired) electrons. The van der Waals surface area contributed by atoms with Gasteiger partial charge in [0.15, 0.2) is 5.82 Å². The van der Waals surface area contributed by atoms with Crippen LogP contribution >= 0.6 is 23.2 Å². The van der Waals surface area contributed by atoms with Gasteiger partial charge >= 0.3 is 0 Å². The zero-order chi connectivity index (χ0) is 20.4. The Morgan fingerprint density at radius 1 is 0.793 bits per heavy atom. The largest absolute Gasteiger partial charge is 0.235 e. The summed E-state index contributed by atoms with van der Waals surface area (Å²) in [6.45, 7) is 0. The molecule has 0 spiro atoms. The highest BCUT2D eigenvalue weighted by Gasteiger charge is 2.25. The van der Waals surface area contributed by atoms with Crippen LogP contribution < -0.4 is 0 Å². The molecule has 0 fully saturated rings. The molecule has 0 aliphatic heterocycles. The van der Waals surface area contributed by atoms with Crippen LogP contribution in [0.5, 0.6) is 0 Å². The summed E-state index contributed by atoms with van der Waals surface area (Å²) in [6, 6.07) is 22.3. The predicted octanol–water partition coefficient (Wildman–Crippen LogP) is 5.95. The Kier molecular flexibility index (Phi) is 5.37. The molecule has 0 unspecified atom stereocenters. The first kappa shape index (κ1) is 19.6. The number of sulfone groups is 1. The van der Waals surface area contributed by atoms with Crippen molar-refractivity contribution in [3.63, 3.8) is 0 Å². The average Bonchev–Trinajstić information content (AvgIpc) is 2.74. The highest BCUT2D eigenvalue weighted by molar-refractivity contribution is 7.91. The molecule has 0 atom stereocenters. The Balaban J connectivity index is 1.99. The van der Waals surface area contributed by atoms with Gasteiger partial charge in [0.1, 0.15) is 4.90 Å². The van der Waals surface area contributed by atoms with Gasteiger partial charge in [0.2, 0.25) is 9.84 Å². The van der Waals surface area contributed by atoms with Gasteiger partial charge in [-0.2, -0.15) is 0 Å². The molecule has 3 aromatic carbocycles. The van der Waals surface area contributed by atoms with Crippen LogP contribution in [-0.4, -0.2) is 18.4 Å². The van der Waals surface area contributed by atoms with Gasteiger partial charge in [-0.3, -0.25) is 0 Å². The summed E-state index contributed by atoms with van der Waals surface area (Å²) >= 11 is 12.4. The van der Waals surface area contributed by atoms with E-state index in [2.05, 4.69) is 9.97 Å². The van der Waals surface area contributed by atoms with E-state index in [1.54, 1.807) is 36.4 Å². The molecule has 7 heteroatoms. The zero-order valence-corrected chi connectivity index (χ0v) is 17.3. The molecule has 29 heavy (non-hydrogen) atoms. The standard InChI is InChI=1S/C22H14Cl2N2O2S/c23-16-11-12-18(19(24)13-16)21-20(29(27,28)17-9-5-2-6-10-17)14-25-22(26-21)15-7-3-1-4-8-15/h1-14H. The molecular weight excluding hydrogens is 427 g/mol. The number of rotatable bonds is 4. The van der Waals surface area contributed by atoms with Crippen molar-refractivity contribution in [1.82, 2.24) is 9.97 Å². The molecule has 4 nitrogen and oxygen atoms in total. The van der Waals surface area contributed by atoms with E-state index in [0.29, 0.717) is 21.4 Å². The van der Waals surface area contributed by atoms with Crippen molar-refractivity contribution in [2.75, 3.05) is 0 Å². The number of nitrogens with zero attached hydrogens (tertiary/aromatic N) is 2. The Labute approximate surface area is 178 Å².